The summed E-state index contributed by atoms with van der Waals surface area (Å²) >= 11 is 0. The highest BCUT2D eigenvalue weighted by molar-refractivity contribution is 6.24. The van der Waals surface area contributed by atoms with E-state index in [4.69, 9.17) is 4.74 Å². The monoisotopic (exact) mass is 679 g/mol. The molecule has 9 aromatic carbocycles. The quantitative estimate of drug-likeness (QED) is 0.111. The minimum absolute atomic E-state index is 0.825. The van der Waals surface area contributed by atoms with Crippen molar-refractivity contribution >= 4 is 73.7 Å². The van der Waals surface area contributed by atoms with Crippen LogP contribution in [0.3, 0.4) is 0 Å². The van der Waals surface area contributed by atoms with Gasteiger partial charge in [0.05, 0.1) is 7.11 Å². The molecule has 53 heavy (non-hydrogen) atoms. The molecule has 0 saturated heterocycles. The van der Waals surface area contributed by atoms with Crippen molar-refractivity contribution in [1.82, 2.24) is 0 Å². The molecule has 0 aliphatic rings. The maximum Gasteiger partial charge on any atom is 0.126 e. The molecule has 0 bridgehead atoms. The number of ether oxygens (including phenoxy) is 1. The minimum atomic E-state index is 0.825. The van der Waals surface area contributed by atoms with E-state index in [9.17, 15) is 0 Å². The zero-order chi connectivity index (χ0) is 35.6. The molecule has 0 aliphatic heterocycles. The molecular weight excluding hydrogens is 643 g/mol. The van der Waals surface area contributed by atoms with E-state index < -0.39 is 0 Å². The number of hydrogen-bond donors (Lipinski definition) is 0. The summed E-state index contributed by atoms with van der Waals surface area (Å²) in [5.41, 5.74) is 10.1. The Balaban J connectivity index is 1.02. The number of benzene rings is 9. The first-order chi connectivity index (χ1) is 26.2. The molecule has 0 radical (unpaired) electrons. The van der Waals surface area contributed by atoms with Gasteiger partial charge in [0.15, 0.2) is 0 Å². The summed E-state index contributed by atoms with van der Waals surface area (Å²) in [5, 5.41) is 7.82. The fourth-order valence-electron chi connectivity index (χ4n) is 7.44. The second kappa shape index (κ2) is 14.0. The van der Waals surface area contributed by atoms with Gasteiger partial charge >= 0.3 is 0 Å². The van der Waals surface area contributed by atoms with Crippen LogP contribution in [-0.4, -0.2) is 7.11 Å². The molecule has 0 spiro atoms. The van der Waals surface area contributed by atoms with E-state index in [1.165, 1.54) is 49.0 Å². The van der Waals surface area contributed by atoms with Crippen LogP contribution in [0.2, 0.25) is 0 Å². The van der Waals surface area contributed by atoms with Crippen LogP contribution in [0.4, 0.5) is 17.1 Å². The fraction of sp³-hybridized carbons (Fsp3) is 0.0196. The minimum Gasteiger partial charge on any atom is -0.496 e. The second-order valence-corrected chi connectivity index (χ2v) is 13.4. The van der Waals surface area contributed by atoms with Crippen molar-refractivity contribution in [2.45, 2.75) is 0 Å². The van der Waals surface area contributed by atoms with Gasteiger partial charge in [-0.1, -0.05) is 164 Å². The number of rotatable bonds is 9. The molecule has 0 saturated carbocycles. The molecule has 252 valence electrons. The summed E-state index contributed by atoms with van der Waals surface area (Å²) < 4.78 is 5.82. The van der Waals surface area contributed by atoms with Crippen LogP contribution in [0.25, 0.3) is 67.7 Å². The fourth-order valence-corrected chi connectivity index (χ4v) is 7.44. The van der Waals surface area contributed by atoms with Crippen LogP contribution >= 0.6 is 0 Å². The maximum atomic E-state index is 5.82. The van der Waals surface area contributed by atoms with E-state index in [0.29, 0.717) is 0 Å². The Bertz CT molecular complexity index is 2710. The van der Waals surface area contributed by atoms with Crippen molar-refractivity contribution in [3.8, 4) is 16.9 Å². The van der Waals surface area contributed by atoms with Gasteiger partial charge in [-0.05, 0) is 103 Å². The molecule has 0 aliphatic carbocycles. The largest absolute Gasteiger partial charge is 0.496 e. The molecule has 0 aromatic heterocycles. The third-order valence-corrected chi connectivity index (χ3v) is 10.1. The number of hydrogen-bond acceptors (Lipinski definition) is 2. The number of anilines is 3. The Morgan fingerprint density at radius 1 is 0.396 bits per heavy atom. The summed E-state index contributed by atoms with van der Waals surface area (Å²) in [5.74, 6) is 0.825. The molecule has 0 fully saturated rings. The average Bonchev–Trinajstić information content (AvgIpc) is 3.23. The lowest BCUT2D eigenvalue weighted by Gasteiger charge is -2.26. The summed E-state index contributed by atoms with van der Waals surface area (Å²) in [6.45, 7) is 0. The first kappa shape index (κ1) is 32.0. The van der Waals surface area contributed by atoms with E-state index in [2.05, 4.69) is 205 Å². The van der Waals surface area contributed by atoms with Crippen LogP contribution in [0.5, 0.6) is 5.75 Å². The van der Waals surface area contributed by atoms with Gasteiger partial charge in [0.2, 0.25) is 0 Å². The first-order valence-corrected chi connectivity index (χ1v) is 18.0. The van der Waals surface area contributed by atoms with Crippen LogP contribution in [0.15, 0.2) is 182 Å². The van der Waals surface area contributed by atoms with Gasteiger partial charge in [0.1, 0.15) is 5.75 Å². The third kappa shape index (κ3) is 6.32. The zero-order valence-corrected chi connectivity index (χ0v) is 29.5. The van der Waals surface area contributed by atoms with Crippen LogP contribution in [0, 0.1) is 0 Å². The van der Waals surface area contributed by atoms with Gasteiger partial charge in [-0.15, -0.1) is 0 Å². The highest BCUT2D eigenvalue weighted by atomic mass is 16.5. The molecule has 0 atom stereocenters. The molecule has 0 heterocycles. The molecule has 9 aromatic rings. The molecule has 2 heteroatoms. The lowest BCUT2D eigenvalue weighted by molar-refractivity contribution is 0.414. The summed E-state index contributed by atoms with van der Waals surface area (Å²) in [6.07, 6.45) is 8.74. The molecule has 0 unspecified atom stereocenters. The highest BCUT2D eigenvalue weighted by Gasteiger charge is 2.15. The van der Waals surface area contributed by atoms with Crippen molar-refractivity contribution in [1.29, 1.82) is 0 Å². The molecular formula is C51H37NO. The average molecular weight is 680 g/mol. The van der Waals surface area contributed by atoms with Gasteiger partial charge in [-0.25, -0.2) is 0 Å². The topological polar surface area (TPSA) is 12.5 Å². The van der Waals surface area contributed by atoms with E-state index in [0.717, 1.165) is 39.5 Å². The van der Waals surface area contributed by atoms with Gasteiger partial charge in [-0.3, -0.25) is 0 Å². The predicted octanol–water partition coefficient (Wildman–Crippen LogP) is 14.1. The lowest BCUT2D eigenvalue weighted by Crippen LogP contribution is -2.10. The van der Waals surface area contributed by atoms with Gasteiger partial charge in [0, 0.05) is 22.6 Å². The molecule has 2 nitrogen and oxygen atoms in total. The van der Waals surface area contributed by atoms with E-state index in [1.807, 2.05) is 6.07 Å². The van der Waals surface area contributed by atoms with Crippen LogP contribution in [0.1, 0.15) is 22.3 Å². The summed E-state index contributed by atoms with van der Waals surface area (Å²) in [4.78, 5) is 2.29. The van der Waals surface area contributed by atoms with E-state index in [1.54, 1.807) is 7.11 Å². The first-order valence-electron chi connectivity index (χ1n) is 18.0. The Hall–Kier alpha value is -6.90. The Kier molecular flexibility index (Phi) is 8.47. The Morgan fingerprint density at radius 3 is 1.64 bits per heavy atom. The SMILES string of the molecule is COc1ccc(N(c2ccccc2)c2ccc(/C=C/c3ccc4ccc5cccc6ccc3c4c56)cc2)cc1/C=C/c1ccc(-c2ccccc2)cc1. The smallest absolute Gasteiger partial charge is 0.126 e. The number of para-hydroxylation sites is 1. The molecule has 0 N–H and O–H groups in total. The lowest BCUT2D eigenvalue weighted by atomic mass is 9.92. The van der Waals surface area contributed by atoms with Crippen LogP contribution in [-0.2, 0) is 0 Å². The Labute approximate surface area is 310 Å². The summed E-state index contributed by atoms with van der Waals surface area (Å²) in [6, 6.07) is 64.8. The van der Waals surface area contributed by atoms with Crippen molar-refractivity contribution < 1.29 is 4.74 Å². The number of methoxy groups -OCH3 is 1. The summed E-state index contributed by atoms with van der Waals surface area (Å²) in [7, 11) is 1.73. The molecule has 9 rings (SSSR count). The Morgan fingerprint density at radius 2 is 0.943 bits per heavy atom. The van der Waals surface area contributed by atoms with Gasteiger partial charge in [0.25, 0.3) is 0 Å². The predicted molar refractivity (Wildman–Crippen MR) is 228 cm³/mol. The van der Waals surface area contributed by atoms with Crippen molar-refractivity contribution in [2.24, 2.45) is 0 Å². The number of nitrogens with zero attached hydrogens (tertiary/aromatic N) is 1. The highest BCUT2D eigenvalue weighted by Crippen LogP contribution is 2.39. The third-order valence-electron chi connectivity index (χ3n) is 10.1. The van der Waals surface area contributed by atoms with Crippen molar-refractivity contribution in [3.63, 3.8) is 0 Å². The second-order valence-electron chi connectivity index (χ2n) is 13.4. The zero-order valence-electron chi connectivity index (χ0n) is 29.5. The van der Waals surface area contributed by atoms with E-state index >= 15 is 0 Å². The van der Waals surface area contributed by atoms with Gasteiger partial charge < -0.3 is 9.64 Å². The maximum absolute atomic E-state index is 5.82. The standard InChI is InChI=1S/C51H37NO/c1-53-49-34-32-47(35-44(49)24-18-36-15-21-39(22-16-36)38-9-4-2-5-10-38)52(45-13-6-3-7-14-45)46-30-19-37(20-31-46)17-23-40-25-26-43-28-27-41-11-8-12-42-29-33-48(40)51(43)50(41)42/h2-35H,1H3/b23-17+,24-18+. The van der Waals surface area contributed by atoms with Crippen molar-refractivity contribution in [3.05, 3.63) is 204 Å². The molecule has 0 amide bonds. The van der Waals surface area contributed by atoms with Crippen molar-refractivity contribution in [2.75, 3.05) is 12.0 Å². The van der Waals surface area contributed by atoms with E-state index in [-0.39, 0.29) is 0 Å². The van der Waals surface area contributed by atoms with Gasteiger partial charge in [-0.2, -0.15) is 0 Å². The van der Waals surface area contributed by atoms with Crippen LogP contribution < -0.4 is 9.64 Å². The normalized spacial score (nSPS) is 11.7.